The van der Waals surface area contributed by atoms with E-state index in [4.69, 9.17) is 0 Å². The fraction of sp³-hybridized carbons (Fsp3) is 0.788. The summed E-state index contributed by atoms with van der Waals surface area (Å²) in [6, 6.07) is 0. The van der Waals surface area contributed by atoms with Crippen molar-refractivity contribution in [2.75, 3.05) is 0 Å². The van der Waals surface area contributed by atoms with Crippen molar-refractivity contribution >= 4 is 17.5 Å². The van der Waals surface area contributed by atoms with Crippen LogP contribution in [0.15, 0.2) is 22.5 Å². The molecule has 41 heavy (non-hydrogen) atoms. The molecule has 0 unspecified atom stereocenters. The number of ketones is 2. The average molecular weight is 573 g/mol. The fourth-order valence-corrected chi connectivity index (χ4v) is 10.7. The minimum Gasteiger partial charge on any atom is -0.509 e. The zero-order valence-electron chi connectivity index (χ0n) is 25.2. The van der Waals surface area contributed by atoms with Crippen LogP contribution in [0, 0.1) is 39.4 Å². The topological polar surface area (TPSA) is 152 Å². The van der Waals surface area contributed by atoms with Crippen molar-refractivity contribution in [2.45, 2.75) is 124 Å². The van der Waals surface area contributed by atoms with E-state index in [-0.39, 0.29) is 47.7 Å². The van der Waals surface area contributed by atoms with Crippen LogP contribution in [0.5, 0.6) is 0 Å². The molecule has 0 radical (unpaired) electrons. The van der Waals surface area contributed by atoms with Gasteiger partial charge in [-0.05, 0) is 74.2 Å². The summed E-state index contributed by atoms with van der Waals surface area (Å²) in [5.74, 6) is -2.20. The summed E-state index contributed by atoms with van der Waals surface area (Å²) in [5.41, 5.74) is -1.54. The molecule has 0 amide bonds. The van der Waals surface area contributed by atoms with Crippen LogP contribution in [0.1, 0.15) is 105 Å². The number of allylic oxidation sites excluding steroid dienone is 1. The minimum absolute atomic E-state index is 0.0320. The molecule has 8 heteroatoms. The second kappa shape index (κ2) is 10.0. The van der Waals surface area contributed by atoms with Gasteiger partial charge in [0.2, 0.25) is 0 Å². The van der Waals surface area contributed by atoms with E-state index < -0.39 is 51.7 Å². The Morgan fingerprint density at radius 3 is 2.32 bits per heavy atom. The maximum atomic E-state index is 14.5. The highest BCUT2D eigenvalue weighted by Gasteiger charge is 2.71. The third-order valence-corrected chi connectivity index (χ3v) is 12.9. The van der Waals surface area contributed by atoms with Crippen molar-refractivity contribution in [3.05, 3.63) is 22.5 Å². The lowest BCUT2D eigenvalue weighted by Gasteiger charge is -2.63. The summed E-state index contributed by atoms with van der Waals surface area (Å²) in [4.78, 5) is 39.1. The lowest BCUT2D eigenvalue weighted by Crippen LogP contribution is -2.62. The number of Topliss-reactive ketones (excluding diaryl/α,β-unsaturated/α-hetero) is 2. The van der Waals surface area contributed by atoms with E-state index in [1.807, 2.05) is 27.7 Å². The molecule has 9 atom stereocenters. The number of carboxylic acids is 1. The average Bonchev–Trinajstić information content (AvgIpc) is 3.13. The number of carbonyl (C=O) groups excluding carboxylic acids is 2. The van der Waals surface area contributed by atoms with Gasteiger partial charge in [0.1, 0.15) is 17.6 Å². The zero-order valence-corrected chi connectivity index (χ0v) is 25.2. The summed E-state index contributed by atoms with van der Waals surface area (Å²) >= 11 is 0. The van der Waals surface area contributed by atoms with Gasteiger partial charge in [-0.1, -0.05) is 47.0 Å². The second-order valence-electron chi connectivity index (χ2n) is 14.8. The van der Waals surface area contributed by atoms with E-state index in [1.54, 1.807) is 0 Å². The number of aliphatic carboxylic acids is 1. The molecule has 3 saturated carbocycles. The van der Waals surface area contributed by atoms with Crippen LogP contribution in [0.4, 0.5) is 0 Å². The van der Waals surface area contributed by atoms with E-state index in [2.05, 4.69) is 0 Å². The number of hydrogen-bond donors (Lipinski definition) is 5. The maximum absolute atomic E-state index is 14.5. The highest BCUT2D eigenvalue weighted by atomic mass is 16.4. The van der Waals surface area contributed by atoms with Gasteiger partial charge in [-0.2, -0.15) is 0 Å². The van der Waals surface area contributed by atoms with Gasteiger partial charge >= 0.3 is 5.97 Å². The maximum Gasteiger partial charge on any atom is 0.334 e. The van der Waals surface area contributed by atoms with E-state index in [9.17, 15) is 39.9 Å². The van der Waals surface area contributed by atoms with Crippen molar-refractivity contribution in [1.82, 2.24) is 0 Å². The van der Waals surface area contributed by atoms with Crippen molar-refractivity contribution in [3.63, 3.8) is 0 Å². The molecule has 5 aliphatic carbocycles. The molecule has 0 aromatic carbocycles. The lowest BCUT2D eigenvalue weighted by atomic mass is 9.40. The van der Waals surface area contributed by atoms with Crippen LogP contribution in [0.3, 0.4) is 0 Å². The van der Waals surface area contributed by atoms with Crippen molar-refractivity contribution in [2.24, 2.45) is 39.4 Å². The van der Waals surface area contributed by atoms with E-state index >= 15 is 0 Å². The summed E-state index contributed by atoms with van der Waals surface area (Å²) in [5, 5.41) is 54.3. The summed E-state index contributed by atoms with van der Waals surface area (Å²) in [7, 11) is 0. The van der Waals surface area contributed by atoms with Crippen LogP contribution in [0.25, 0.3) is 0 Å². The Morgan fingerprint density at radius 2 is 1.66 bits per heavy atom. The molecule has 5 rings (SSSR count). The first-order valence-electron chi connectivity index (χ1n) is 15.5. The van der Waals surface area contributed by atoms with Gasteiger partial charge in [-0.15, -0.1) is 0 Å². The molecular weight excluding hydrogens is 524 g/mol. The minimum atomic E-state index is -1.37. The first kappa shape index (κ1) is 30.4. The van der Waals surface area contributed by atoms with Gasteiger partial charge in [0, 0.05) is 34.7 Å². The Kier molecular flexibility index (Phi) is 7.44. The van der Waals surface area contributed by atoms with Crippen molar-refractivity contribution in [3.8, 4) is 0 Å². The smallest absolute Gasteiger partial charge is 0.334 e. The van der Waals surface area contributed by atoms with Gasteiger partial charge in [-0.3, -0.25) is 9.59 Å². The lowest BCUT2D eigenvalue weighted by molar-refractivity contribution is -0.150. The number of aliphatic hydroxyl groups is 4. The van der Waals surface area contributed by atoms with E-state index in [0.717, 1.165) is 25.7 Å². The number of carboxylic acid groups (broad SMARTS) is 1. The third-order valence-electron chi connectivity index (χ3n) is 12.9. The predicted molar refractivity (Wildman–Crippen MR) is 152 cm³/mol. The normalized spacial score (nSPS) is 42.2. The van der Waals surface area contributed by atoms with Gasteiger partial charge in [0.15, 0.2) is 5.78 Å². The van der Waals surface area contributed by atoms with Gasteiger partial charge in [-0.25, -0.2) is 4.79 Å². The largest absolute Gasteiger partial charge is 0.509 e. The molecule has 5 N–H and O–H groups in total. The molecule has 228 valence electrons. The molecule has 0 saturated heterocycles. The second-order valence-corrected chi connectivity index (χ2v) is 14.8. The number of hydrogen-bond acceptors (Lipinski definition) is 7. The highest BCUT2D eigenvalue weighted by molar-refractivity contribution is 6.01. The molecular formula is C33H48O8. The van der Waals surface area contributed by atoms with Gasteiger partial charge in [0.05, 0.1) is 17.8 Å². The predicted octanol–water partition coefficient (Wildman–Crippen LogP) is 4.65. The van der Waals surface area contributed by atoms with Crippen LogP contribution in [-0.2, 0) is 14.4 Å². The quantitative estimate of drug-likeness (QED) is 0.236. The Hall–Kier alpha value is -2.03. The first-order valence-corrected chi connectivity index (χ1v) is 15.5. The molecule has 0 aromatic rings. The number of aliphatic hydroxyl groups excluding tert-OH is 4. The third kappa shape index (κ3) is 4.06. The fourth-order valence-electron chi connectivity index (χ4n) is 10.7. The monoisotopic (exact) mass is 572 g/mol. The molecule has 2 spiro atoms. The van der Waals surface area contributed by atoms with Crippen LogP contribution >= 0.6 is 0 Å². The Labute approximate surface area is 242 Å². The highest BCUT2D eigenvalue weighted by Crippen LogP contribution is 2.74. The number of fused-ring (bicyclic) bond motifs is 2. The summed E-state index contributed by atoms with van der Waals surface area (Å²) in [6.45, 7) is 9.18. The SMILES string of the molecule is C/C(C(=O)O)=C(/O)[C@@H](O)C[C@@H](C)[C@H]1C[C@H](O)[C@@]2(C)C3=C4C(=O)C[C@]12CCCCC[C@@]41CCC(=O)C(C)(C)[C@H]1C[C@H]3O. The molecule has 8 nitrogen and oxygen atoms in total. The standard InChI is InChI=1S/C33H48O8/c1-17(13-21(35)28(39)18(2)29(40)41)19-14-25(38)31(5)26-20(34)15-23-30(3,4)24(37)9-12-32(23)10-7-6-8-11-33(19,31)16-22(36)27(26)32/h17,19-21,23,25,34-35,38-39H,6-16H2,1-5H3,(H,40,41)/b28-18-/t17-,19-,20-,21+,23-,25+,31+,32+,33-/m1/s1. The summed E-state index contributed by atoms with van der Waals surface area (Å²) < 4.78 is 0. The molecule has 3 fully saturated rings. The molecule has 0 aromatic heterocycles. The van der Waals surface area contributed by atoms with E-state index in [1.165, 1.54) is 6.92 Å². The van der Waals surface area contributed by atoms with Gasteiger partial charge < -0.3 is 25.5 Å². The van der Waals surface area contributed by atoms with Crippen LogP contribution < -0.4 is 0 Å². The molecule has 5 aliphatic rings. The van der Waals surface area contributed by atoms with E-state index in [0.29, 0.717) is 43.3 Å². The van der Waals surface area contributed by atoms with Crippen molar-refractivity contribution < 1.29 is 39.9 Å². The van der Waals surface area contributed by atoms with Gasteiger partial charge in [0.25, 0.3) is 0 Å². The summed E-state index contributed by atoms with van der Waals surface area (Å²) in [6.07, 6.45) is 3.33. The Balaban J connectivity index is 1.64. The Morgan fingerprint density at radius 1 is 1.00 bits per heavy atom. The zero-order chi connectivity index (χ0) is 30.3. The molecule has 0 heterocycles. The van der Waals surface area contributed by atoms with Crippen LogP contribution in [0.2, 0.25) is 0 Å². The van der Waals surface area contributed by atoms with Crippen LogP contribution in [-0.4, -0.2) is 61.4 Å². The number of carbonyl (C=O) groups is 3. The first-order chi connectivity index (χ1) is 19.1. The number of rotatable bonds is 5. The Bertz CT molecular complexity index is 1210. The molecule has 2 bridgehead atoms. The van der Waals surface area contributed by atoms with Crippen molar-refractivity contribution in [1.29, 1.82) is 0 Å². The molecule has 0 aliphatic heterocycles.